The van der Waals surface area contributed by atoms with Crippen LogP contribution < -0.4 is 11.3 Å². The van der Waals surface area contributed by atoms with Gasteiger partial charge in [-0.15, -0.1) is 0 Å². The summed E-state index contributed by atoms with van der Waals surface area (Å²) >= 11 is 0. The molecular weight excluding hydrogens is 226 g/mol. The molecule has 0 aromatic rings. The molecule has 4 heteroatoms. The third kappa shape index (κ3) is 3.23. The summed E-state index contributed by atoms with van der Waals surface area (Å²) in [6, 6.07) is 1.29. The Hall–Kier alpha value is -0.610. The molecule has 1 aliphatic carbocycles. The summed E-state index contributed by atoms with van der Waals surface area (Å²) in [4.78, 5) is 13.9. The van der Waals surface area contributed by atoms with E-state index in [-0.39, 0.29) is 5.91 Å². The molecule has 1 saturated carbocycles. The average molecular weight is 253 g/mol. The first kappa shape index (κ1) is 13.8. The summed E-state index contributed by atoms with van der Waals surface area (Å²) in [7, 11) is 0. The summed E-state index contributed by atoms with van der Waals surface area (Å²) in [5.74, 6) is 6.00. The Bertz CT molecular complexity index is 280. The van der Waals surface area contributed by atoms with Crippen LogP contribution in [0.5, 0.6) is 0 Å². The van der Waals surface area contributed by atoms with Crippen LogP contribution in [0.25, 0.3) is 0 Å². The first-order valence-electron chi connectivity index (χ1n) is 7.47. The number of nitrogens with zero attached hydrogens (tertiary/aromatic N) is 1. The Labute approximate surface area is 110 Å². The molecular formula is C14H27N3O. The van der Waals surface area contributed by atoms with Crippen LogP contribution in [0.4, 0.5) is 0 Å². The van der Waals surface area contributed by atoms with Crippen LogP contribution in [0.3, 0.4) is 0 Å². The van der Waals surface area contributed by atoms with Crippen molar-refractivity contribution in [3.05, 3.63) is 0 Å². The fourth-order valence-corrected chi connectivity index (χ4v) is 3.79. The van der Waals surface area contributed by atoms with Crippen molar-refractivity contribution in [3.63, 3.8) is 0 Å². The molecule has 0 aromatic carbocycles. The highest BCUT2D eigenvalue weighted by Gasteiger charge is 2.35. The van der Waals surface area contributed by atoms with E-state index in [2.05, 4.69) is 17.2 Å². The van der Waals surface area contributed by atoms with Gasteiger partial charge < -0.3 is 0 Å². The SMILES string of the molecule is CC(CCC(=O)NN)N1CCC[C@H]2CCCC[C@H]21. The van der Waals surface area contributed by atoms with Crippen molar-refractivity contribution in [3.8, 4) is 0 Å². The van der Waals surface area contributed by atoms with Gasteiger partial charge in [0.05, 0.1) is 0 Å². The molecule has 0 spiro atoms. The highest BCUT2D eigenvalue weighted by molar-refractivity contribution is 5.75. The van der Waals surface area contributed by atoms with Crippen LogP contribution in [-0.4, -0.2) is 29.4 Å². The van der Waals surface area contributed by atoms with Crippen LogP contribution in [0.1, 0.15) is 58.3 Å². The van der Waals surface area contributed by atoms with Crippen molar-refractivity contribution in [2.45, 2.75) is 70.4 Å². The van der Waals surface area contributed by atoms with E-state index >= 15 is 0 Å². The number of nitrogens with two attached hydrogens (primary N) is 1. The van der Waals surface area contributed by atoms with Crippen molar-refractivity contribution in [1.29, 1.82) is 0 Å². The number of rotatable bonds is 4. The number of fused-ring (bicyclic) bond motifs is 1. The molecule has 1 saturated heterocycles. The quantitative estimate of drug-likeness (QED) is 0.456. The third-order valence-corrected chi connectivity index (χ3v) is 4.80. The Morgan fingerprint density at radius 1 is 1.33 bits per heavy atom. The Kier molecular flexibility index (Phi) is 5.01. The second-order valence-electron chi connectivity index (χ2n) is 5.95. The molecule has 2 aliphatic rings. The van der Waals surface area contributed by atoms with Crippen LogP contribution >= 0.6 is 0 Å². The monoisotopic (exact) mass is 253 g/mol. The van der Waals surface area contributed by atoms with Gasteiger partial charge in [0.2, 0.25) is 5.91 Å². The predicted octanol–water partition coefficient (Wildman–Crippen LogP) is 1.80. The fourth-order valence-electron chi connectivity index (χ4n) is 3.79. The largest absolute Gasteiger partial charge is 0.297 e. The summed E-state index contributed by atoms with van der Waals surface area (Å²) in [5, 5.41) is 0. The number of carbonyl (C=O) groups excluding carboxylic acids is 1. The van der Waals surface area contributed by atoms with E-state index < -0.39 is 0 Å². The lowest BCUT2D eigenvalue weighted by molar-refractivity contribution is -0.121. The van der Waals surface area contributed by atoms with Gasteiger partial charge in [-0.1, -0.05) is 12.8 Å². The van der Waals surface area contributed by atoms with Gasteiger partial charge in [0, 0.05) is 18.5 Å². The fraction of sp³-hybridized carbons (Fsp3) is 0.929. The lowest BCUT2D eigenvalue weighted by Gasteiger charge is -2.47. The summed E-state index contributed by atoms with van der Waals surface area (Å²) < 4.78 is 0. The van der Waals surface area contributed by atoms with Crippen LogP contribution in [0.15, 0.2) is 0 Å². The topological polar surface area (TPSA) is 58.4 Å². The van der Waals surface area contributed by atoms with Gasteiger partial charge in [-0.25, -0.2) is 5.84 Å². The number of hydrazine groups is 1. The molecule has 2 fully saturated rings. The zero-order valence-electron chi connectivity index (χ0n) is 11.5. The predicted molar refractivity (Wildman–Crippen MR) is 72.7 cm³/mol. The minimum absolute atomic E-state index is 0.0425. The van der Waals surface area contributed by atoms with Gasteiger partial charge in [0.1, 0.15) is 0 Å². The number of piperidine rings is 1. The number of amides is 1. The molecule has 0 radical (unpaired) electrons. The van der Waals surface area contributed by atoms with Gasteiger partial charge in [0.25, 0.3) is 0 Å². The van der Waals surface area contributed by atoms with Crippen molar-refractivity contribution < 1.29 is 4.79 Å². The molecule has 1 amide bonds. The first-order chi connectivity index (χ1) is 8.72. The van der Waals surface area contributed by atoms with E-state index in [1.807, 2.05) is 0 Å². The zero-order valence-corrected chi connectivity index (χ0v) is 11.5. The number of hydrogen-bond donors (Lipinski definition) is 2. The Morgan fingerprint density at radius 2 is 2.06 bits per heavy atom. The lowest BCUT2D eigenvalue weighted by Crippen LogP contribution is -2.50. The average Bonchev–Trinajstić information content (AvgIpc) is 2.43. The molecule has 2 rings (SSSR count). The third-order valence-electron chi connectivity index (χ3n) is 4.80. The van der Waals surface area contributed by atoms with Gasteiger partial charge in [-0.05, 0) is 51.5 Å². The second-order valence-corrected chi connectivity index (χ2v) is 5.95. The van der Waals surface area contributed by atoms with Crippen molar-refractivity contribution in [1.82, 2.24) is 10.3 Å². The van der Waals surface area contributed by atoms with E-state index in [9.17, 15) is 4.79 Å². The van der Waals surface area contributed by atoms with Gasteiger partial charge >= 0.3 is 0 Å². The Balaban J connectivity index is 1.87. The number of likely N-dealkylation sites (tertiary alicyclic amines) is 1. The summed E-state index contributed by atoms with van der Waals surface area (Å²) in [5.41, 5.74) is 2.22. The molecule has 0 aromatic heterocycles. The zero-order chi connectivity index (χ0) is 13.0. The maximum atomic E-state index is 11.2. The van der Waals surface area contributed by atoms with E-state index in [4.69, 9.17) is 5.84 Å². The van der Waals surface area contributed by atoms with E-state index in [1.165, 1.54) is 45.1 Å². The molecule has 3 N–H and O–H groups in total. The van der Waals surface area contributed by atoms with Crippen LogP contribution in [0, 0.1) is 5.92 Å². The van der Waals surface area contributed by atoms with Crippen molar-refractivity contribution in [2.75, 3.05) is 6.54 Å². The smallest absolute Gasteiger partial charge is 0.233 e. The number of carbonyl (C=O) groups is 1. The van der Waals surface area contributed by atoms with Gasteiger partial charge in [-0.3, -0.25) is 15.1 Å². The standard InChI is InChI=1S/C14H27N3O/c1-11(8-9-14(18)16-15)17-10-4-6-12-5-2-3-7-13(12)17/h11-13H,2-10,15H2,1H3,(H,16,18)/t11?,12-,13-/m1/s1. The molecule has 0 bridgehead atoms. The minimum atomic E-state index is -0.0425. The Morgan fingerprint density at radius 3 is 2.83 bits per heavy atom. The molecule has 1 heterocycles. The van der Waals surface area contributed by atoms with Crippen LogP contribution in [-0.2, 0) is 4.79 Å². The molecule has 3 atom stereocenters. The molecule has 1 aliphatic heterocycles. The molecule has 104 valence electrons. The van der Waals surface area contributed by atoms with Gasteiger partial charge in [0.15, 0.2) is 0 Å². The summed E-state index contributed by atoms with van der Waals surface area (Å²) in [6.45, 7) is 3.48. The molecule has 4 nitrogen and oxygen atoms in total. The number of nitrogens with one attached hydrogen (secondary N) is 1. The molecule has 18 heavy (non-hydrogen) atoms. The maximum Gasteiger partial charge on any atom is 0.233 e. The summed E-state index contributed by atoms with van der Waals surface area (Å²) in [6.07, 6.45) is 9.78. The van der Waals surface area contributed by atoms with Crippen molar-refractivity contribution in [2.24, 2.45) is 11.8 Å². The van der Waals surface area contributed by atoms with Crippen LogP contribution in [0.2, 0.25) is 0 Å². The van der Waals surface area contributed by atoms with E-state index in [1.54, 1.807) is 0 Å². The number of hydrogen-bond acceptors (Lipinski definition) is 3. The lowest BCUT2D eigenvalue weighted by atomic mass is 9.77. The highest BCUT2D eigenvalue weighted by atomic mass is 16.2. The van der Waals surface area contributed by atoms with Crippen molar-refractivity contribution >= 4 is 5.91 Å². The molecule has 1 unspecified atom stereocenters. The highest BCUT2D eigenvalue weighted by Crippen LogP contribution is 2.36. The second kappa shape index (κ2) is 6.53. The maximum absolute atomic E-state index is 11.2. The van der Waals surface area contributed by atoms with E-state index in [0.717, 1.165) is 18.4 Å². The normalized spacial score (nSPS) is 30.6. The van der Waals surface area contributed by atoms with Gasteiger partial charge in [-0.2, -0.15) is 0 Å². The first-order valence-corrected chi connectivity index (χ1v) is 7.47. The van der Waals surface area contributed by atoms with E-state index in [0.29, 0.717) is 12.5 Å². The minimum Gasteiger partial charge on any atom is -0.297 e.